The van der Waals surface area contributed by atoms with Crippen LogP contribution in [-0.4, -0.2) is 19.1 Å². The Hall–Kier alpha value is -8.27. The van der Waals surface area contributed by atoms with Crippen molar-refractivity contribution in [2.75, 3.05) is 0 Å². The van der Waals surface area contributed by atoms with Crippen LogP contribution in [-0.2, 0) is 5.41 Å². The highest BCUT2D eigenvalue weighted by molar-refractivity contribution is 6.12. The number of para-hydroxylation sites is 3. The molecule has 0 N–H and O–H groups in total. The predicted molar refractivity (Wildman–Crippen MR) is 240 cm³/mol. The molecule has 4 aromatic heterocycles. The Morgan fingerprint density at radius 2 is 0.983 bits per heavy atom. The van der Waals surface area contributed by atoms with E-state index in [1.54, 1.807) is 0 Å². The van der Waals surface area contributed by atoms with Gasteiger partial charge in [0.05, 0.1) is 45.4 Å². The fourth-order valence-corrected chi connectivity index (χ4v) is 10.2. The smallest absolute Gasteiger partial charge is 0.188 e. The zero-order valence-corrected chi connectivity index (χ0v) is 32.0. The SMILES string of the molecule is [C-]#[N+]c1ccc2c(c1)c1cc(-c3ccc4c(c3)Oc3cc(-n5c6ccccc6c6ccccc65)ccc3C43c4cccnc4-c4ncccc43)ccc1n2-c1ccccc1. The van der Waals surface area contributed by atoms with Crippen LogP contribution in [0.15, 0.2) is 188 Å². The minimum Gasteiger partial charge on any atom is -0.457 e. The van der Waals surface area contributed by atoms with E-state index in [0.29, 0.717) is 5.69 Å². The van der Waals surface area contributed by atoms with Crippen molar-refractivity contribution in [1.29, 1.82) is 0 Å². The quantitative estimate of drug-likeness (QED) is 0.168. The van der Waals surface area contributed by atoms with E-state index < -0.39 is 5.41 Å². The van der Waals surface area contributed by atoms with E-state index in [-0.39, 0.29) is 0 Å². The van der Waals surface area contributed by atoms with Gasteiger partial charge in [0.15, 0.2) is 5.69 Å². The third-order valence-electron chi connectivity index (χ3n) is 12.7. The molecule has 0 atom stereocenters. The molecule has 0 radical (unpaired) electrons. The number of hydrogen-bond donors (Lipinski definition) is 0. The zero-order chi connectivity index (χ0) is 39.5. The first-order valence-electron chi connectivity index (χ1n) is 20.1. The van der Waals surface area contributed by atoms with Crippen molar-refractivity contribution >= 4 is 49.3 Å². The molecule has 0 bridgehead atoms. The molecule has 6 nitrogen and oxygen atoms in total. The molecular formula is C54H31N5O. The van der Waals surface area contributed by atoms with Gasteiger partial charge in [-0.1, -0.05) is 97.1 Å². The van der Waals surface area contributed by atoms with E-state index in [4.69, 9.17) is 21.3 Å². The maximum atomic E-state index is 7.79. The lowest BCUT2D eigenvalue weighted by atomic mass is 9.66. The van der Waals surface area contributed by atoms with E-state index in [9.17, 15) is 0 Å². The summed E-state index contributed by atoms with van der Waals surface area (Å²) >= 11 is 0. The number of benzene rings is 7. The number of hydrogen-bond acceptors (Lipinski definition) is 3. The van der Waals surface area contributed by atoms with Crippen LogP contribution in [0.1, 0.15) is 22.3 Å². The average Bonchev–Trinajstić information content (AvgIpc) is 3.93. The molecule has 13 rings (SSSR count). The molecule has 2 aliphatic rings. The highest BCUT2D eigenvalue weighted by atomic mass is 16.5. The Bertz CT molecular complexity index is 3570. The van der Waals surface area contributed by atoms with E-state index >= 15 is 0 Å². The normalized spacial score (nSPS) is 13.2. The Morgan fingerprint density at radius 1 is 0.433 bits per heavy atom. The summed E-state index contributed by atoms with van der Waals surface area (Å²) in [5, 5.41) is 4.55. The van der Waals surface area contributed by atoms with Gasteiger partial charge >= 0.3 is 0 Å². The topological polar surface area (TPSA) is 49.2 Å². The average molecular weight is 766 g/mol. The largest absolute Gasteiger partial charge is 0.457 e. The van der Waals surface area contributed by atoms with Gasteiger partial charge < -0.3 is 13.9 Å². The summed E-state index contributed by atoms with van der Waals surface area (Å²) < 4.78 is 11.8. The van der Waals surface area contributed by atoms with Gasteiger partial charge in [0, 0.05) is 57.1 Å². The number of rotatable bonds is 3. The minimum absolute atomic E-state index is 0.618. The summed E-state index contributed by atoms with van der Waals surface area (Å²) in [5.41, 5.74) is 14.6. The van der Waals surface area contributed by atoms with E-state index in [1.165, 1.54) is 10.8 Å². The van der Waals surface area contributed by atoms with Crippen molar-refractivity contribution in [2.24, 2.45) is 0 Å². The first-order valence-corrected chi connectivity index (χ1v) is 20.1. The van der Waals surface area contributed by atoms with Crippen molar-refractivity contribution < 1.29 is 4.74 Å². The Kier molecular flexibility index (Phi) is 6.62. The van der Waals surface area contributed by atoms with Crippen molar-refractivity contribution in [1.82, 2.24) is 19.1 Å². The summed E-state index contributed by atoms with van der Waals surface area (Å²) in [6.07, 6.45) is 3.72. The minimum atomic E-state index is -0.711. The molecule has 1 aliphatic heterocycles. The van der Waals surface area contributed by atoms with Crippen LogP contribution in [0.3, 0.4) is 0 Å². The molecule has 7 aromatic carbocycles. The predicted octanol–water partition coefficient (Wildman–Crippen LogP) is 13.4. The summed E-state index contributed by atoms with van der Waals surface area (Å²) in [5.74, 6) is 1.58. The van der Waals surface area contributed by atoms with Crippen LogP contribution in [0.5, 0.6) is 11.5 Å². The van der Waals surface area contributed by atoms with Gasteiger partial charge in [-0.25, -0.2) is 4.85 Å². The van der Waals surface area contributed by atoms with Crippen molar-refractivity contribution in [2.45, 2.75) is 5.41 Å². The maximum absolute atomic E-state index is 7.79. The molecule has 0 saturated carbocycles. The number of ether oxygens (including phenoxy) is 1. The molecule has 1 aliphatic carbocycles. The second kappa shape index (κ2) is 12.1. The van der Waals surface area contributed by atoms with Gasteiger partial charge in [0.1, 0.15) is 11.5 Å². The Labute approximate surface area is 344 Å². The van der Waals surface area contributed by atoms with Crippen LogP contribution in [0, 0.1) is 6.57 Å². The maximum Gasteiger partial charge on any atom is 0.188 e. The highest BCUT2D eigenvalue weighted by Crippen LogP contribution is 2.61. The summed E-state index contributed by atoms with van der Waals surface area (Å²) in [6, 6.07) is 62.0. The van der Waals surface area contributed by atoms with Crippen LogP contribution < -0.4 is 4.74 Å². The Morgan fingerprint density at radius 3 is 1.68 bits per heavy atom. The van der Waals surface area contributed by atoms with E-state index in [0.717, 1.165) is 100 Å². The molecule has 60 heavy (non-hydrogen) atoms. The fraction of sp³-hybridized carbons (Fsp3) is 0.0185. The lowest BCUT2D eigenvalue weighted by Gasteiger charge is -2.39. The molecule has 0 unspecified atom stereocenters. The van der Waals surface area contributed by atoms with Gasteiger partial charge in [-0.15, -0.1) is 0 Å². The molecule has 0 fully saturated rings. The summed E-state index contributed by atoms with van der Waals surface area (Å²) in [7, 11) is 0. The number of fused-ring (bicyclic) bond motifs is 15. The summed E-state index contributed by atoms with van der Waals surface area (Å²) in [4.78, 5) is 13.7. The van der Waals surface area contributed by atoms with Gasteiger partial charge in [-0.2, -0.15) is 0 Å². The van der Waals surface area contributed by atoms with Gasteiger partial charge in [-0.3, -0.25) is 9.97 Å². The fourth-order valence-electron chi connectivity index (χ4n) is 10.2. The first-order chi connectivity index (χ1) is 29.7. The number of nitrogens with zero attached hydrogens (tertiary/aromatic N) is 5. The van der Waals surface area contributed by atoms with Crippen LogP contribution >= 0.6 is 0 Å². The molecule has 6 heteroatoms. The van der Waals surface area contributed by atoms with Crippen molar-refractivity contribution in [3.63, 3.8) is 0 Å². The second-order valence-corrected chi connectivity index (χ2v) is 15.6. The standard InChI is InChI=1S/C54H31N5O/c1-55-35-21-26-49-41(31-35)40-29-33(20-25-48(40)58(49)36-11-3-2-4-12-36)34-19-23-42-50(30-34)60-51-32-37(59-46-17-7-5-13-38(46)39-14-6-8-18-47(39)59)22-24-43(51)54(42)44-15-9-27-56-52(44)53-45(54)16-10-28-57-53/h2-32H. The number of pyridine rings is 2. The zero-order valence-electron chi connectivity index (χ0n) is 32.0. The monoisotopic (exact) mass is 765 g/mol. The highest BCUT2D eigenvalue weighted by Gasteiger charge is 2.52. The molecular weight excluding hydrogens is 735 g/mol. The van der Waals surface area contributed by atoms with Gasteiger partial charge in [0.25, 0.3) is 0 Å². The number of aromatic nitrogens is 4. The molecule has 278 valence electrons. The second-order valence-electron chi connectivity index (χ2n) is 15.6. The molecule has 11 aromatic rings. The molecule has 1 spiro atoms. The lowest BCUT2D eigenvalue weighted by Crippen LogP contribution is -2.32. The third kappa shape index (κ3) is 4.30. The molecule has 0 amide bonds. The van der Waals surface area contributed by atoms with Gasteiger partial charge in [0.2, 0.25) is 0 Å². The van der Waals surface area contributed by atoms with Crippen molar-refractivity contribution in [3.05, 3.63) is 222 Å². The van der Waals surface area contributed by atoms with Gasteiger partial charge in [-0.05, 0) is 100 Å². The van der Waals surface area contributed by atoms with E-state index in [2.05, 4.69) is 160 Å². The van der Waals surface area contributed by atoms with Crippen LogP contribution in [0.2, 0.25) is 0 Å². The molecule has 5 heterocycles. The van der Waals surface area contributed by atoms with Crippen LogP contribution in [0.4, 0.5) is 5.69 Å². The molecule has 0 saturated heterocycles. The van der Waals surface area contributed by atoms with Crippen molar-refractivity contribution in [3.8, 4) is 45.4 Å². The third-order valence-corrected chi connectivity index (χ3v) is 12.7. The van der Waals surface area contributed by atoms with E-state index in [1.807, 2.05) is 42.7 Å². The first kappa shape index (κ1) is 32.8. The lowest BCUT2D eigenvalue weighted by molar-refractivity contribution is 0.436. The summed E-state index contributed by atoms with van der Waals surface area (Å²) in [6.45, 7) is 7.79. The Balaban J connectivity index is 1.05. The van der Waals surface area contributed by atoms with Crippen LogP contribution in [0.25, 0.3) is 82.3 Å².